The molecule has 0 bridgehead atoms. The summed E-state index contributed by atoms with van der Waals surface area (Å²) in [5, 5.41) is 9.67. The second kappa shape index (κ2) is 1.76. The van der Waals surface area contributed by atoms with Crippen LogP contribution in [-0.4, -0.2) is 18.0 Å². The molecular weight excluding hydrogens is 66.0 g/mol. The van der Waals surface area contributed by atoms with Gasteiger partial charge in [0.15, 0.2) is 0 Å². The van der Waals surface area contributed by atoms with Gasteiger partial charge in [0, 0.05) is 6.92 Å². The number of nitrogens with zero attached hydrogens (tertiary/aromatic N) is 1. The Morgan fingerprint density at radius 1 is 1.80 bits per heavy atom. The van der Waals surface area contributed by atoms with Gasteiger partial charge < -0.3 is 5.21 Å². The van der Waals surface area contributed by atoms with E-state index < -0.39 is 0 Å². The van der Waals surface area contributed by atoms with Crippen molar-refractivity contribution in [2.24, 2.45) is 0 Å². The molecule has 0 rings (SSSR count). The third kappa shape index (κ3) is 3.47. The minimum atomic E-state index is 0.750. The van der Waals surface area contributed by atoms with Gasteiger partial charge in [0.25, 0.3) is 0 Å². The molecule has 0 saturated heterocycles. The standard InChI is InChI=1S/C3H7NO/c1-3-4(2)5/h3H,1-2H3/b4-3-. The van der Waals surface area contributed by atoms with Gasteiger partial charge in [-0.3, -0.25) is 0 Å². The molecule has 2 nitrogen and oxygen atoms in total. The largest absolute Gasteiger partial charge is 0.624 e. The van der Waals surface area contributed by atoms with E-state index in [-0.39, 0.29) is 0 Å². The highest BCUT2D eigenvalue weighted by atomic mass is 16.5. The molecule has 0 aliphatic rings. The van der Waals surface area contributed by atoms with Crippen LogP contribution in [0, 0.1) is 5.21 Å². The van der Waals surface area contributed by atoms with Gasteiger partial charge in [0.1, 0.15) is 13.3 Å². The van der Waals surface area contributed by atoms with Crippen molar-refractivity contribution in [1.82, 2.24) is 0 Å². The molecule has 0 aromatic rings. The van der Waals surface area contributed by atoms with Gasteiger partial charge in [-0.25, -0.2) is 4.74 Å². The van der Waals surface area contributed by atoms with Crippen molar-refractivity contribution in [3.8, 4) is 0 Å². The van der Waals surface area contributed by atoms with Crippen LogP contribution in [0.4, 0.5) is 0 Å². The van der Waals surface area contributed by atoms with Gasteiger partial charge in [-0.1, -0.05) is 0 Å². The van der Waals surface area contributed by atoms with Crippen LogP contribution in [0.2, 0.25) is 0 Å². The Kier molecular flexibility index (Phi) is 1.57. The molecule has 0 saturated carbocycles. The summed E-state index contributed by atoms with van der Waals surface area (Å²) in [5.74, 6) is 0. The summed E-state index contributed by atoms with van der Waals surface area (Å²) in [6.45, 7) is 1.69. The van der Waals surface area contributed by atoms with E-state index in [4.69, 9.17) is 0 Å². The summed E-state index contributed by atoms with van der Waals surface area (Å²) < 4.78 is 0.750. The van der Waals surface area contributed by atoms with Crippen LogP contribution in [0.25, 0.3) is 0 Å². The first-order valence-electron chi connectivity index (χ1n) is 1.47. The van der Waals surface area contributed by atoms with E-state index in [1.54, 1.807) is 6.92 Å². The summed E-state index contributed by atoms with van der Waals surface area (Å²) in [6.07, 6.45) is 1.44. The van der Waals surface area contributed by atoms with E-state index in [0.717, 1.165) is 4.74 Å². The first-order chi connectivity index (χ1) is 2.27. The number of hydrogen-bond donors (Lipinski definition) is 0. The Bertz CT molecular complexity index is 44.9. The fraction of sp³-hybridized carbons (Fsp3) is 0.667. The lowest BCUT2D eigenvalue weighted by Crippen LogP contribution is -1.89. The van der Waals surface area contributed by atoms with Crippen molar-refractivity contribution >= 4 is 6.21 Å². The molecule has 2 heteroatoms. The van der Waals surface area contributed by atoms with Crippen molar-refractivity contribution < 1.29 is 4.74 Å². The molecule has 0 radical (unpaired) electrons. The average Bonchev–Trinajstić information content (AvgIpc) is 1.38. The third-order valence-electron chi connectivity index (χ3n) is 0.364. The Balaban J connectivity index is 3.14. The topological polar surface area (TPSA) is 26.1 Å². The minimum Gasteiger partial charge on any atom is -0.624 e. The Morgan fingerprint density at radius 2 is 2.00 bits per heavy atom. The fourth-order valence-electron chi connectivity index (χ4n) is 0. The van der Waals surface area contributed by atoms with Crippen LogP contribution < -0.4 is 0 Å². The van der Waals surface area contributed by atoms with E-state index in [1.807, 2.05) is 0 Å². The predicted molar refractivity (Wildman–Crippen MR) is 21.3 cm³/mol. The van der Waals surface area contributed by atoms with Crippen LogP contribution in [-0.2, 0) is 0 Å². The maximum atomic E-state index is 9.67. The van der Waals surface area contributed by atoms with Gasteiger partial charge in [0.05, 0.1) is 0 Å². The van der Waals surface area contributed by atoms with E-state index in [0.29, 0.717) is 0 Å². The van der Waals surface area contributed by atoms with Gasteiger partial charge in [-0.05, 0) is 0 Å². The van der Waals surface area contributed by atoms with Crippen molar-refractivity contribution in [1.29, 1.82) is 0 Å². The zero-order valence-corrected chi connectivity index (χ0v) is 3.43. The summed E-state index contributed by atoms with van der Waals surface area (Å²) in [5.41, 5.74) is 0. The number of rotatable bonds is 0. The average molecular weight is 73.1 g/mol. The molecule has 30 valence electrons. The van der Waals surface area contributed by atoms with Crippen LogP contribution in [0.3, 0.4) is 0 Å². The molecule has 0 heterocycles. The number of hydrogen-bond acceptors (Lipinski definition) is 1. The highest BCUT2D eigenvalue weighted by Crippen LogP contribution is 1.47. The maximum absolute atomic E-state index is 9.67. The molecule has 0 spiro atoms. The first kappa shape index (κ1) is 4.47. The van der Waals surface area contributed by atoms with E-state index in [2.05, 4.69) is 0 Å². The first-order valence-corrected chi connectivity index (χ1v) is 1.47. The highest BCUT2D eigenvalue weighted by Gasteiger charge is 1.57. The SMILES string of the molecule is C/C=[N+](/C)[O-]. The molecular formula is C3H7NO. The zero-order valence-electron chi connectivity index (χ0n) is 3.43. The quantitative estimate of drug-likeness (QED) is 0.174. The molecule has 0 aliphatic heterocycles. The molecule has 0 N–H and O–H groups in total. The second-order valence-corrected chi connectivity index (χ2v) is 0.804. The van der Waals surface area contributed by atoms with Gasteiger partial charge >= 0.3 is 0 Å². The number of hydroxylamine groups is 1. The van der Waals surface area contributed by atoms with Crippen molar-refractivity contribution in [3.63, 3.8) is 0 Å². The molecule has 0 aromatic carbocycles. The van der Waals surface area contributed by atoms with Crippen molar-refractivity contribution in [2.45, 2.75) is 6.92 Å². The zero-order chi connectivity index (χ0) is 4.28. The second-order valence-electron chi connectivity index (χ2n) is 0.804. The molecule has 0 unspecified atom stereocenters. The van der Waals surface area contributed by atoms with Crippen molar-refractivity contribution in [2.75, 3.05) is 7.05 Å². The lowest BCUT2D eigenvalue weighted by molar-refractivity contribution is -0.417. The van der Waals surface area contributed by atoms with Crippen LogP contribution in [0.1, 0.15) is 6.92 Å². The molecule has 5 heavy (non-hydrogen) atoms. The lowest BCUT2D eigenvalue weighted by atomic mass is 10.9. The van der Waals surface area contributed by atoms with Gasteiger partial charge in [0.2, 0.25) is 0 Å². The Hall–Kier alpha value is -0.530. The normalized spacial score (nSPS) is 12.0. The van der Waals surface area contributed by atoms with Gasteiger partial charge in [-0.2, -0.15) is 0 Å². The van der Waals surface area contributed by atoms with E-state index >= 15 is 0 Å². The fourth-order valence-corrected chi connectivity index (χ4v) is 0. The summed E-state index contributed by atoms with van der Waals surface area (Å²) >= 11 is 0. The molecule has 0 amide bonds. The van der Waals surface area contributed by atoms with Crippen LogP contribution in [0.15, 0.2) is 0 Å². The Morgan fingerprint density at radius 3 is 2.00 bits per heavy atom. The van der Waals surface area contributed by atoms with Crippen LogP contribution in [0.5, 0.6) is 0 Å². The molecule has 0 fully saturated rings. The third-order valence-corrected chi connectivity index (χ3v) is 0.364. The summed E-state index contributed by atoms with van der Waals surface area (Å²) in [6, 6.07) is 0. The molecule has 0 aromatic heterocycles. The van der Waals surface area contributed by atoms with E-state index in [9.17, 15) is 5.21 Å². The summed E-state index contributed by atoms with van der Waals surface area (Å²) in [7, 11) is 1.44. The molecule has 0 atom stereocenters. The van der Waals surface area contributed by atoms with Crippen LogP contribution >= 0.6 is 0 Å². The predicted octanol–water partition coefficient (Wildman–Crippen LogP) is 0.217. The highest BCUT2D eigenvalue weighted by molar-refractivity contribution is 5.46. The van der Waals surface area contributed by atoms with Gasteiger partial charge in [-0.15, -0.1) is 0 Å². The Labute approximate surface area is 31.3 Å². The minimum absolute atomic E-state index is 0.750. The van der Waals surface area contributed by atoms with E-state index in [1.165, 1.54) is 13.3 Å². The molecule has 0 aliphatic carbocycles. The monoisotopic (exact) mass is 73.1 g/mol. The smallest absolute Gasteiger partial charge is 0.147 e. The van der Waals surface area contributed by atoms with Crippen molar-refractivity contribution in [3.05, 3.63) is 5.21 Å². The summed E-state index contributed by atoms with van der Waals surface area (Å²) in [4.78, 5) is 0. The lowest BCUT2D eigenvalue weighted by Gasteiger charge is -1.86. The maximum Gasteiger partial charge on any atom is 0.147 e.